The van der Waals surface area contributed by atoms with Crippen LogP contribution in [-0.2, 0) is 16.1 Å². The standard InChI is InChI=1S/C17H23ClN2O3/c1-19(16(21)11-18)12-15-9-5-6-10-20(15)17(22)23-13-14-7-3-2-4-8-14/h2-4,7-8,15H,5-6,9-13H2,1H3/t15-/m1/s1. The number of likely N-dealkylation sites (N-methyl/N-ethyl adjacent to an activating group) is 1. The van der Waals surface area contributed by atoms with Gasteiger partial charge in [0, 0.05) is 20.1 Å². The Morgan fingerprint density at radius 2 is 2.04 bits per heavy atom. The quantitative estimate of drug-likeness (QED) is 0.776. The van der Waals surface area contributed by atoms with Gasteiger partial charge in [-0.05, 0) is 24.8 Å². The second-order valence-corrected chi connectivity index (χ2v) is 6.06. The van der Waals surface area contributed by atoms with Crippen LogP contribution in [0.5, 0.6) is 0 Å². The summed E-state index contributed by atoms with van der Waals surface area (Å²) in [5, 5.41) is 0. The molecule has 0 N–H and O–H groups in total. The SMILES string of the molecule is CN(C[C@H]1CCCCN1C(=O)OCc1ccccc1)C(=O)CCl. The monoisotopic (exact) mass is 338 g/mol. The lowest BCUT2D eigenvalue weighted by Gasteiger charge is -2.37. The topological polar surface area (TPSA) is 49.9 Å². The number of alkyl halides is 1. The molecule has 0 radical (unpaired) electrons. The first-order chi connectivity index (χ1) is 11.1. The first-order valence-corrected chi connectivity index (χ1v) is 8.42. The molecule has 1 heterocycles. The Hall–Kier alpha value is -1.75. The lowest BCUT2D eigenvalue weighted by Crippen LogP contribution is -2.50. The van der Waals surface area contributed by atoms with Crippen molar-refractivity contribution in [1.82, 2.24) is 9.80 Å². The van der Waals surface area contributed by atoms with Gasteiger partial charge in [0.25, 0.3) is 0 Å². The Morgan fingerprint density at radius 3 is 2.74 bits per heavy atom. The molecule has 0 spiro atoms. The number of halogens is 1. The van der Waals surface area contributed by atoms with Gasteiger partial charge in [0.15, 0.2) is 0 Å². The maximum Gasteiger partial charge on any atom is 0.410 e. The molecule has 1 aliphatic rings. The molecule has 2 rings (SSSR count). The minimum absolute atomic E-state index is 0.0100. The number of rotatable bonds is 5. The van der Waals surface area contributed by atoms with Crippen molar-refractivity contribution in [3.63, 3.8) is 0 Å². The maximum atomic E-state index is 12.4. The highest BCUT2D eigenvalue weighted by Gasteiger charge is 2.29. The average Bonchev–Trinajstić information content (AvgIpc) is 2.60. The molecular weight excluding hydrogens is 316 g/mol. The Labute approximate surface area is 142 Å². The summed E-state index contributed by atoms with van der Waals surface area (Å²) in [6, 6.07) is 9.60. The number of hydrogen-bond acceptors (Lipinski definition) is 3. The third kappa shape index (κ3) is 5.13. The van der Waals surface area contributed by atoms with E-state index in [0.29, 0.717) is 13.1 Å². The molecule has 0 saturated carbocycles. The van der Waals surface area contributed by atoms with Gasteiger partial charge in [-0.2, -0.15) is 0 Å². The van der Waals surface area contributed by atoms with Gasteiger partial charge in [-0.1, -0.05) is 30.3 Å². The summed E-state index contributed by atoms with van der Waals surface area (Å²) in [7, 11) is 1.72. The van der Waals surface area contributed by atoms with Gasteiger partial charge in [0.1, 0.15) is 12.5 Å². The van der Waals surface area contributed by atoms with Gasteiger partial charge in [-0.3, -0.25) is 4.79 Å². The van der Waals surface area contributed by atoms with Gasteiger partial charge in [0.05, 0.1) is 6.04 Å². The molecule has 0 unspecified atom stereocenters. The molecule has 23 heavy (non-hydrogen) atoms. The molecule has 5 nitrogen and oxygen atoms in total. The van der Waals surface area contributed by atoms with Gasteiger partial charge in [-0.15, -0.1) is 11.6 Å². The van der Waals surface area contributed by atoms with E-state index >= 15 is 0 Å². The highest BCUT2D eigenvalue weighted by atomic mass is 35.5. The average molecular weight is 339 g/mol. The Morgan fingerprint density at radius 1 is 1.30 bits per heavy atom. The van der Waals surface area contributed by atoms with Crippen LogP contribution in [0.3, 0.4) is 0 Å². The summed E-state index contributed by atoms with van der Waals surface area (Å²) < 4.78 is 5.42. The zero-order valence-corrected chi connectivity index (χ0v) is 14.2. The van der Waals surface area contributed by atoms with E-state index in [2.05, 4.69) is 0 Å². The maximum absolute atomic E-state index is 12.4. The first kappa shape index (κ1) is 17.6. The number of benzene rings is 1. The van der Waals surface area contributed by atoms with Gasteiger partial charge in [-0.25, -0.2) is 4.79 Å². The number of piperidine rings is 1. The van der Waals surface area contributed by atoms with Crippen molar-refractivity contribution in [3.05, 3.63) is 35.9 Å². The van der Waals surface area contributed by atoms with Crippen LogP contribution < -0.4 is 0 Å². The number of carbonyl (C=O) groups is 2. The van der Waals surface area contributed by atoms with Crippen LogP contribution in [0.15, 0.2) is 30.3 Å². The molecule has 1 aromatic carbocycles. The number of ether oxygens (including phenoxy) is 1. The second-order valence-electron chi connectivity index (χ2n) is 5.79. The summed E-state index contributed by atoms with van der Waals surface area (Å²) in [4.78, 5) is 27.3. The summed E-state index contributed by atoms with van der Waals surface area (Å²) in [5.41, 5.74) is 0.962. The Balaban J connectivity index is 1.91. The third-order valence-electron chi connectivity index (χ3n) is 4.09. The Bertz CT molecular complexity index is 524. The second kappa shape index (κ2) is 8.77. The Kier molecular flexibility index (Phi) is 6.71. The largest absolute Gasteiger partial charge is 0.445 e. The van der Waals surface area contributed by atoms with Gasteiger partial charge >= 0.3 is 6.09 Å². The van der Waals surface area contributed by atoms with E-state index in [1.54, 1.807) is 16.8 Å². The predicted molar refractivity (Wildman–Crippen MR) is 89.3 cm³/mol. The van der Waals surface area contributed by atoms with Crippen LogP contribution >= 0.6 is 11.6 Å². The molecule has 0 aliphatic carbocycles. The molecule has 1 atom stereocenters. The lowest BCUT2D eigenvalue weighted by atomic mass is 10.0. The van der Waals surface area contributed by atoms with E-state index in [4.69, 9.17) is 16.3 Å². The number of likely N-dealkylation sites (tertiary alicyclic amines) is 1. The van der Waals surface area contributed by atoms with E-state index in [1.807, 2.05) is 30.3 Å². The zero-order chi connectivity index (χ0) is 16.7. The molecule has 2 amide bonds. The lowest BCUT2D eigenvalue weighted by molar-refractivity contribution is -0.128. The minimum atomic E-state index is -0.315. The molecule has 1 aliphatic heterocycles. The van der Waals surface area contributed by atoms with Crippen LogP contribution in [0.2, 0.25) is 0 Å². The van der Waals surface area contributed by atoms with Crippen LogP contribution in [0.4, 0.5) is 4.79 Å². The minimum Gasteiger partial charge on any atom is -0.445 e. The van der Waals surface area contributed by atoms with Crippen molar-refractivity contribution in [3.8, 4) is 0 Å². The van der Waals surface area contributed by atoms with Crippen LogP contribution in [0.1, 0.15) is 24.8 Å². The normalized spacial score (nSPS) is 17.7. The molecule has 0 aromatic heterocycles. The van der Waals surface area contributed by atoms with Crippen molar-refractivity contribution < 1.29 is 14.3 Å². The highest BCUT2D eigenvalue weighted by Crippen LogP contribution is 2.19. The molecule has 0 bridgehead atoms. The van der Waals surface area contributed by atoms with Crippen molar-refractivity contribution in [2.24, 2.45) is 0 Å². The van der Waals surface area contributed by atoms with Crippen LogP contribution in [-0.4, -0.2) is 53.9 Å². The summed E-state index contributed by atoms with van der Waals surface area (Å²) in [6.07, 6.45) is 2.57. The van der Waals surface area contributed by atoms with E-state index in [1.165, 1.54) is 0 Å². The number of carbonyl (C=O) groups excluding carboxylic acids is 2. The molecule has 1 saturated heterocycles. The number of amides is 2. The summed E-state index contributed by atoms with van der Waals surface area (Å²) >= 11 is 5.58. The fourth-order valence-electron chi connectivity index (χ4n) is 2.75. The molecule has 1 fully saturated rings. The van der Waals surface area contributed by atoms with E-state index in [9.17, 15) is 9.59 Å². The number of nitrogens with zero attached hydrogens (tertiary/aromatic N) is 2. The summed E-state index contributed by atoms with van der Waals surface area (Å²) in [6.45, 7) is 1.42. The first-order valence-electron chi connectivity index (χ1n) is 7.89. The predicted octanol–water partition coefficient (Wildman–Crippen LogP) is 2.87. The highest BCUT2D eigenvalue weighted by molar-refractivity contribution is 6.27. The van der Waals surface area contributed by atoms with Crippen molar-refractivity contribution >= 4 is 23.6 Å². The molecule has 1 aromatic rings. The van der Waals surface area contributed by atoms with Crippen LogP contribution in [0.25, 0.3) is 0 Å². The van der Waals surface area contributed by atoms with Crippen molar-refractivity contribution in [2.75, 3.05) is 26.0 Å². The summed E-state index contributed by atoms with van der Waals surface area (Å²) in [5.74, 6) is -0.170. The third-order valence-corrected chi connectivity index (χ3v) is 4.32. The van der Waals surface area contributed by atoms with Crippen LogP contribution in [0, 0.1) is 0 Å². The molecule has 6 heteroatoms. The fraction of sp³-hybridized carbons (Fsp3) is 0.529. The smallest absolute Gasteiger partial charge is 0.410 e. The number of hydrogen-bond donors (Lipinski definition) is 0. The molecule has 126 valence electrons. The van der Waals surface area contributed by atoms with Gasteiger partial charge in [0.2, 0.25) is 5.91 Å². The van der Waals surface area contributed by atoms with Crippen molar-refractivity contribution in [2.45, 2.75) is 31.9 Å². The fourth-order valence-corrected chi connectivity index (χ4v) is 2.96. The van der Waals surface area contributed by atoms with E-state index in [-0.39, 0.29) is 30.5 Å². The van der Waals surface area contributed by atoms with Gasteiger partial charge < -0.3 is 14.5 Å². The van der Waals surface area contributed by atoms with E-state index in [0.717, 1.165) is 24.8 Å². The van der Waals surface area contributed by atoms with Crippen molar-refractivity contribution in [1.29, 1.82) is 0 Å². The van der Waals surface area contributed by atoms with E-state index < -0.39 is 0 Å². The molecular formula is C17H23ClN2O3. The zero-order valence-electron chi connectivity index (χ0n) is 13.4.